The maximum absolute atomic E-state index is 12.5. The van der Waals surface area contributed by atoms with Crippen LogP contribution in [0.1, 0.15) is 35.2 Å². The van der Waals surface area contributed by atoms with Gasteiger partial charge in [0.1, 0.15) is 0 Å². The number of nitrogens with zero attached hydrogens (tertiary/aromatic N) is 1. The van der Waals surface area contributed by atoms with Crippen molar-refractivity contribution in [2.24, 2.45) is 17.8 Å². The van der Waals surface area contributed by atoms with E-state index in [0.717, 1.165) is 41.5 Å². The van der Waals surface area contributed by atoms with Gasteiger partial charge in [-0.3, -0.25) is 9.59 Å². The molecular formula is C16H17NO2. The molecule has 0 bridgehead atoms. The zero-order valence-electron chi connectivity index (χ0n) is 11.1. The first-order chi connectivity index (χ1) is 9.13. The zero-order chi connectivity index (χ0) is 13.1. The molecule has 1 aromatic rings. The Morgan fingerprint density at radius 2 is 1.95 bits per heavy atom. The number of carbonyl (C=O) groups excluding carboxylic acids is 2. The van der Waals surface area contributed by atoms with E-state index < -0.39 is 0 Å². The number of hydrogen-bond acceptors (Lipinski definition) is 2. The highest BCUT2D eigenvalue weighted by Crippen LogP contribution is 2.55. The second-order valence-electron chi connectivity index (χ2n) is 6.26. The summed E-state index contributed by atoms with van der Waals surface area (Å²) in [5, 5.41) is 0. The quantitative estimate of drug-likeness (QED) is 0.761. The second-order valence-corrected chi connectivity index (χ2v) is 6.26. The zero-order valence-corrected chi connectivity index (χ0v) is 11.1. The van der Waals surface area contributed by atoms with Crippen LogP contribution in [0.15, 0.2) is 18.2 Å². The number of likely N-dealkylation sites (N-methyl/N-ethyl adjacent to an activating group) is 1. The van der Waals surface area contributed by atoms with Gasteiger partial charge in [-0.1, -0.05) is 0 Å². The third-order valence-corrected chi connectivity index (χ3v) is 5.06. The summed E-state index contributed by atoms with van der Waals surface area (Å²) in [6, 6.07) is 5.74. The van der Waals surface area contributed by atoms with E-state index in [1.54, 1.807) is 11.9 Å². The van der Waals surface area contributed by atoms with E-state index in [4.69, 9.17) is 0 Å². The van der Waals surface area contributed by atoms with Crippen LogP contribution >= 0.6 is 0 Å². The number of hydrogen-bond donors (Lipinski definition) is 0. The van der Waals surface area contributed by atoms with Gasteiger partial charge in [0, 0.05) is 24.2 Å². The number of Topliss-reactive ketones (excluding diaryl/α,β-unsaturated/α-hetero) is 1. The molecule has 98 valence electrons. The Morgan fingerprint density at radius 1 is 1.21 bits per heavy atom. The van der Waals surface area contributed by atoms with E-state index >= 15 is 0 Å². The Kier molecular flexibility index (Phi) is 2.17. The third-order valence-electron chi connectivity index (χ3n) is 5.06. The van der Waals surface area contributed by atoms with Crippen LogP contribution < -0.4 is 4.90 Å². The van der Waals surface area contributed by atoms with Gasteiger partial charge in [-0.25, -0.2) is 0 Å². The molecular weight excluding hydrogens is 238 g/mol. The Hall–Kier alpha value is -1.64. The summed E-state index contributed by atoms with van der Waals surface area (Å²) in [4.78, 5) is 25.8. The molecule has 0 aromatic heterocycles. The first-order valence-electron chi connectivity index (χ1n) is 7.07. The van der Waals surface area contributed by atoms with Crippen molar-refractivity contribution >= 4 is 17.4 Å². The van der Waals surface area contributed by atoms with E-state index in [1.165, 1.54) is 6.42 Å². The smallest absolute Gasteiger partial charge is 0.231 e. The van der Waals surface area contributed by atoms with Gasteiger partial charge >= 0.3 is 0 Å². The van der Waals surface area contributed by atoms with Crippen molar-refractivity contribution in [2.75, 3.05) is 11.9 Å². The van der Waals surface area contributed by atoms with Crippen molar-refractivity contribution in [3.8, 4) is 0 Å². The molecule has 3 heteroatoms. The van der Waals surface area contributed by atoms with Crippen molar-refractivity contribution in [2.45, 2.75) is 25.7 Å². The van der Waals surface area contributed by atoms with Gasteiger partial charge in [0.15, 0.2) is 5.78 Å². The fourth-order valence-electron chi connectivity index (χ4n) is 3.79. The summed E-state index contributed by atoms with van der Waals surface area (Å²) in [5.74, 6) is 2.29. The number of amides is 1. The summed E-state index contributed by atoms with van der Waals surface area (Å²) in [6.45, 7) is 0. The molecule has 19 heavy (non-hydrogen) atoms. The number of ketones is 1. The van der Waals surface area contributed by atoms with E-state index in [0.29, 0.717) is 6.42 Å². The lowest BCUT2D eigenvalue weighted by Crippen LogP contribution is -2.20. The first kappa shape index (κ1) is 11.2. The van der Waals surface area contributed by atoms with Gasteiger partial charge in [0.25, 0.3) is 0 Å². The topological polar surface area (TPSA) is 37.4 Å². The van der Waals surface area contributed by atoms with Gasteiger partial charge in [-0.2, -0.15) is 0 Å². The molecule has 0 radical (unpaired) electrons. The van der Waals surface area contributed by atoms with Crippen LogP contribution in [0.3, 0.4) is 0 Å². The third kappa shape index (κ3) is 1.64. The molecule has 2 saturated carbocycles. The Labute approximate surface area is 112 Å². The van der Waals surface area contributed by atoms with Crippen molar-refractivity contribution < 1.29 is 9.59 Å². The molecule has 1 amide bonds. The van der Waals surface area contributed by atoms with Gasteiger partial charge in [-0.15, -0.1) is 0 Å². The predicted molar refractivity (Wildman–Crippen MR) is 72.2 cm³/mol. The largest absolute Gasteiger partial charge is 0.315 e. The van der Waals surface area contributed by atoms with Crippen molar-refractivity contribution in [3.63, 3.8) is 0 Å². The Morgan fingerprint density at radius 3 is 2.68 bits per heavy atom. The van der Waals surface area contributed by atoms with Crippen LogP contribution in [0.5, 0.6) is 0 Å². The minimum atomic E-state index is 0.113. The maximum Gasteiger partial charge on any atom is 0.231 e. The minimum Gasteiger partial charge on any atom is -0.315 e. The Balaban J connectivity index is 1.61. The maximum atomic E-state index is 12.5. The van der Waals surface area contributed by atoms with E-state index in [-0.39, 0.29) is 17.6 Å². The van der Waals surface area contributed by atoms with Crippen LogP contribution in [-0.4, -0.2) is 18.7 Å². The lowest BCUT2D eigenvalue weighted by atomic mass is 9.92. The summed E-state index contributed by atoms with van der Waals surface area (Å²) < 4.78 is 0. The van der Waals surface area contributed by atoms with Crippen molar-refractivity contribution in [1.82, 2.24) is 0 Å². The average molecular weight is 255 g/mol. The molecule has 2 unspecified atom stereocenters. The lowest BCUT2D eigenvalue weighted by Gasteiger charge is -2.13. The number of carbonyl (C=O) groups is 2. The van der Waals surface area contributed by atoms with Crippen LogP contribution in [0.4, 0.5) is 5.69 Å². The SMILES string of the molecule is CN1C(=O)Cc2cc(C(=O)C3CC4CC4C3)ccc21. The molecule has 2 aliphatic carbocycles. The molecule has 1 aliphatic heterocycles. The van der Waals surface area contributed by atoms with Crippen LogP contribution in [0.2, 0.25) is 0 Å². The minimum absolute atomic E-state index is 0.113. The molecule has 1 aromatic carbocycles. The molecule has 2 fully saturated rings. The van der Waals surface area contributed by atoms with Gasteiger partial charge in [-0.05, 0) is 54.9 Å². The first-order valence-corrected chi connectivity index (χ1v) is 7.07. The molecule has 3 nitrogen and oxygen atoms in total. The highest BCUT2D eigenvalue weighted by Gasteiger charge is 2.48. The standard InChI is InChI=1S/C16H17NO2/c1-17-14-3-2-9(4-12(14)8-15(17)18)16(19)13-6-10-5-11(10)7-13/h2-4,10-11,13H,5-8H2,1H3. The van der Waals surface area contributed by atoms with Crippen molar-refractivity contribution in [1.29, 1.82) is 0 Å². The Bertz CT molecular complexity index is 582. The lowest BCUT2D eigenvalue weighted by molar-refractivity contribution is -0.117. The highest BCUT2D eigenvalue weighted by molar-refractivity contribution is 6.04. The molecule has 1 heterocycles. The van der Waals surface area contributed by atoms with E-state index in [1.807, 2.05) is 18.2 Å². The normalized spacial score (nSPS) is 31.3. The van der Waals surface area contributed by atoms with Crippen LogP contribution in [0.25, 0.3) is 0 Å². The van der Waals surface area contributed by atoms with Crippen LogP contribution in [-0.2, 0) is 11.2 Å². The molecule has 3 aliphatic rings. The highest BCUT2D eigenvalue weighted by atomic mass is 16.2. The van der Waals surface area contributed by atoms with Crippen LogP contribution in [0, 0.1) is 17.8 Å². The second kappa shape index (κ2) is 3.69. The van der Waals surface area contributed by atoms with Gasteiger partial charge in [0.05, 0.1) is 6.42 Å². The number of anilines is 1. The number of rotatable bonds is 2. The summed E-state index contributed by atoms with van der Waals surface area (Å²) in [6.07, 6.45) is 3.94. The van der Waals surface area contributed by atoms with E-state index in [2.05, 4.69) is 0 Å². The fourth-order valence-corrected chi connectivity index (χ4v) is 3.79. The molecule has 0 N–H and O–H groups in total. The molecule has 2 atom stereocenters. The molecule has 4 rings (SSSR count). The summed E-state index contributed by atoms with van der Waals surface area (Å²) in [5.41, 5.74) is 2.76. The monoisotopic (exact) mass is 255 g/mol. The number of fused-ring (bicyclic) bond motifs is 2. The number of benzene rings is 1. The molecule has 0 spiro atoms. The predicted octanol–water partition coefficient (Wildman–Crippen LogP) is 2.43. The molecule has 0 saturated heterocycles. The summed E-state index contributed by atoms with van der Waals surface area (Å²) in [7, 11) is 1.79. The van der Waals surface area contributed by atoms with Gasteiger partial charge in [0.2, 0.25) is 5.91 Å². The average Bonchev–Trinajstić information content (AvgIpc) is 2.91. The summed E-state index contributed by atoms with van der Waals surface area (Å²) >= 11 is 0. The fraction of sp³-hybridized carbons (Fsp3) is 0.500. The van der Waals surface area contributed by atoms with Gasteiger partial charge < -0.3 is 4.90 Å². The van der Waals surface area contributed by atoms with E-state index in [9.17, 15) is 9.59 Å². The van der Waals surface area contributed by atoms with Crippen molar-refractivity contribution in [3.05, 3.63) is 29.3 Å².